The van der Waals surface area contributed by atoms with Crippen LogP contribution in [0.4, 0.5) is 0 Å². The fourth-order valence-electron chi connectivity index (χ4n) is 2.42. The minimum absolute atomic E-state index is 0.0196. The Morgan fingerprint density at radius 2 is 1.74 bits per heavy atom. The average Bonchev–Trinajstić information content (AvgIpc) is 2.90. The van der Waals surface area contributed by atoms with Gasteiger partial charge in [-0.1, -0.05) is 0 Å². The highest BCUT2D eigenvalue weighted by atomic mass is 16.5. The maximum absolute atomic E-state index is 12.0. The Morgan fingerprint density at radius 1 is 1.11 bits per heavy atom. The molecule has 1 N–H and O–H groups in total. The van der Waals surface area contributed by atoms with Gasteiger partial charge < -0.3 is 19.6 Å². The van der Waals surface area contributed by atoms with Gasteiger partial charge in [-0.3, -0.25) is 9.59 Å². The van der Waals surface area contributed by atoms with E-state index in [9.17, 15) is 14.4 Å². The molecule has 106 valence electrons. The Balaban J connectivity index is 1.77. The van der Waals surface area contributed by atoms with Crippen molar-refractivity contribution in [2.75, 3.05) is 32.8 Å². The van der Waals surface area contributed by atoms with Gasteiger partial charge in [0.15, 0.2) is 0 Å². The lowest BCUT2D eigenvalue weighted by atomic mass is 10.1. The monoisotopic (exact) mass is 270 g/mol. The number of carboxylic acid groups (broad SMARTS) is 1. The number of carbonyl (C=O) groups is 3. The third-order valence-corrected chi connectivity index (χ3v) is 3.53. The van der Waals surface area contributed by atoms with Crippen LogP contribution in [0.5, 0.6) is 0 Å². The molecule has 0 aromatic carbocycles. The second kappa shape index (κ2) is 6.01. The normalized spacial score (nSPS) is 23.5. The summed E-state index contributed by atoms with van der Waals surface area (Å²) in [5.41, 5.74) is 0. The summed E-state index contributed by atoms with van der Waals surface area (Å²) in [6.07, 6.45) is 2.32. The van der Waals surface area contributed by atoms with E-state index >= 15 is 0 Å². The van der Waals surface area contributed by atoms with E-state index < -0.39 is 11.9 Å². The molecule has 2 heterocycles. The number of hydrogen-bond donors (Lipinski definition) is 1. The third kappa shape index (κ3) is 3.44. The van der Waals surface area contributed by atoms with E-state index in [1.54, 1.807) is 4.90 Å². The fourth-order valence-corrected chi connectivity index (χ4v) is 2.42. The van der Waals surface area contributed by atoms with Gasteiger partial charge >= 0.3 is 11.9 Å². The van der Waals surface area contributed by atoms with Gasteiger partial charge in [-0.15, -0.1) is 0 Å². The van der Waals surface area contributed by atoms with Crippen LogP contribution < -0.4 is 0 Å². The number of amides is 2. The van der Waals surface area contributed by atoms with Crippen molar-refractivity contribution in [3.63, 3.8) is 0 Å². The van der Waals surface area contributed by atoms with Crippen molar-refractivity contribution in [1.29, 1.82) is 0 Å². The van der Waals surface area contributed by atoms with Crippen LogP contribution in [0.1, 0.15) is 19.3 Å². The molecule has 2 aliphatic rings. The average molecular weight is 270 g/mol. The van der Waals surface area contributed by atoms with Crippen molar-refractivity contribution in [2.24, 2.45) is 0 Å². The number of aliphatic carboxylic acids is 1. The summed E-state index contributed by atoms with van der Waals surface area (Å²) in [6.45, 7) is 2.07. The van der Waals surface area contributed by atoms with Gasteiger partial charge in [0.05, 0.1) is 12.5 Å². The summed E-state index contributed by atoms with van der Waals surface area (Å²) >= 11 is 0. The lowest BCUT2D eigenvalue weighted by Gasteiger charge is -2.34. The first-order valence-corrected chi connectivity index (χ1v) is 6.49. The van der Waals surface area contributed by atoms with Crippen LogP contribution in [0.15, 0.2) is 0 Å². The van der Waals surface area contributed by atoms with Gasteiger partial charge in [-0.2, -0.15) is 0 Å². The molecule has 2 rings (SSSR count). The van der Waals surface area contributed by atoms with Crippen molar-refractivity contribution in [2.45, 2.75) is 25.4 Å². The number of hydrogen-bond acceptors (Lipinski definition) is 4. The molecular weight excluding hydrogens is 252 g/mol. The first-order valence-electron chi connectivity index (χ1n) is 6.49. The molecule has 2 saturated heterocycles. The molecule has 2 amide bonds. The molecule has 1 unspecified atom stereocenters. The largest absolute Gasteiger partial charge is 0.474 e. The molecule has 19 heavy (non-hydrogen) atoms. The summed E-state index contributed by atoms with van der Waals surface area (Å²) in [7, 11) is 0. The predicted molar refractivity (Wildman–Crippen MR) is 64.4 cm³/mol. The second-order valence-corrected chi connectivity index (χ2v) is 4.82. The molecule has 1 atom stereocenters. The van der Waals surface area contributed by atoms with E-state index in [4.69, 9.17) is 9.84 Å². The Bertz CT molecular complexity index is 370. The Morgan fingerprint density at radius 3 is 2.26 bits per heavy atom. The number of carboxylic acids is 1. The van der Waals surface area contributed by atoms with Gasteiger partial charge in [-0.05, 0) is 12.8 Å². The number of nitrogens with zero attached hydrogens (tertiary/aromatic N) is 2. The van der Waals surface area contributed by atoms with Crippen molar-refractivity contribution in [3.8, 4) is 0 Å². The molecule has 0 saturated carbocycles. The number of rotatable bonds is 2. The molecule has 7 nitrogen and oxygen atoms in total. The highest BCUT2D eigenvalue weighted by molar-refractivity contribution is 6.31. The number of piperazine rings is 1. The zero-order chi connectivity index (χ0) is 13.8. The van der Waals surface area contributed by atoms with E-state index in [0.717, 1.165) is 19.4 Å². The second-order valence-electron chi connectivity index (χ2n) is 4.82. The zero-order valence-electron chi connectivity index (χ0n) is 10.7. The van der Waals surface area contributed by atoms with Crippen LogP contribution in [0.3, 0.4) is 0 Å². The summed E-state index contributed by atoms with van der Waals surface area (Å²) in [5.74, 6) is -2.32. The van der Waals surface area contributed by atoms with Crippen molar-refractivity contribution in [3.05, 3.63) is 0 Å². The fraction of sp³-hybridized carbons (Fsp3) is 0.750. The molecule has 0 bridgehead atoms. The SMILES string of the molecule is O=C(O)C(=O)N1CCN(C(=O)CC2CCCO2)CC1. The Labute approximate surface area is 111 Å². The lowest BCUT2D eigenvalue weighted by Crippen LogP contribution is -2.52. The summed E-state index contributed by atoms with van der Waals surface area (Å²) < 4.78 is 5.42. The minimum Gasteiger partial charge on any atom is -0.474 e. The van der Waals surface area contributed by atoms with Gasteiger partial charge in [0.1, 0.15) is 0 Å². The summed E-state index contributed by atoms with van der Waals surface area (Å²) in [5, 5.41) is 8.61. The van der Waals surface area contributed by atoms with Crippen LogP contribution in [-0.4, -0.2) is 71.6 Å². The Hall–Kier alpha value is -1.63. The number of carbonyl (C=O) groups excluding carboxylic acids is 2. The summed E-state index contributed by atoms with van der Waals surface area (Å²) in [6, 6.07) is 0. The van der Waals surface area contributed by atoms with Gasteiger partial charge in [0.2, 0.25) is 5.91 Å². The molecular formula is C12H18N2O5. The predicted octanol–water partition coefficient (Wildman–Crippen LogP) is -0.689. The van der Waals surface area contributed by atoms with E-state index in [-0.39, 0.29) is 25.1 Å². The van der Waals surface area contributed by atoms with Gasteiger partial charge in [-0.25, -0.2) is 4.79 Å². The molecule has 0 radical (unpaired) electrons. The molecule has 0 aromatic rings. The molecule has 2 fully saturated rings. The molecule has 2 aliphatic heterocycles. The van der Waals surface area contributed by atoms with Crippen molar-refractivity contribution in [1.82, 2.24) is 9.80 Å². The van der Waals surface area contributed by atoms with Gasteiger partial charge in [0, 0.05) is 32.8 Å². The van der Waals surface area contributed by atoms with Crippen LogP contribution >= 0.6 is 0 Å². The quantitative estimate of drug-likeness (QED) is 0.671. The molecule has 0 spiro atoms. The smallest absolute Gasteiger partial charge is 0.394 e. The maximum atomic E-state index is 12.0. The Kier molecular flexibility index (Phi) is 4.36. The lowest BCUT2D eigenvalue weighted by molar-refractivity contribution is -0.157. The minimum atomic E-state index is -1.45. The topological polar surface area (TPSA) is 87.2 Å². The third-order valence-electron chi connectivity index (χ3n) is 3.53. The van der Waals surface area contributed by atoms with Crippen LogP contribution in [0.25, 0.3) is 0 Å². The van der Waals surface area contributed by atoms with Gasteiger partial charge in [0.25, 0.3) is 0 Å². The molecule has 0 aliphatic carbocycles. The summed E-state index contributed by atoms with van der Waals surface area (Å²) in [4.78, 5) is 36.7. The highest BCUT2D eigenvalue weighted by Gasteiger charge is 2.29. The maximum Gasteiger partial charge on any atom is 0.394 e. The van der Waals surface area contributed by atoms with Crippen molar-refractivity contribution >= 4 is 17.8 Å². The van der Waals surface area contributed by atoms with E-state index in [2.05, 4.69) is 0 Å². The first-order chi connectivity index (χ1) is 9.08. The van der Waals surface area contributed by atoms with E-state index in [1.807, 2.05) is 0 Å². The van der Waals surface area contributed by atoms with Crippen LogP contribution in [0, 0.1) is 0 Å². The first kappa shape index (κ1) is 13.8. The highest BCUT2D eigenvalue weighted by Crippen LogP contribution is 2.17. The zero-order valence-corrected chi connectivity index (χ0v) is 10.7. The van der Waals surface area contributed by atoms with E-state index in [0.29, 0.717) is 19.5 Å². The standard InChI is InChI=1S/C12H18N2O5/c15-10(8-9-2-1-7-19-9)13-3-5-14(6-4-13)11(16)12(17)18/h9H,1-8H2,(H,17,18). The van der Waals surface area contributed by atoms with E-state index in [1.165, 1.54) is 4.90 Å². The molecule has 0 aromatic heterocycles. The van der Waals surface area contributed by atoms with Crippen LogP contribution in [0.2, 0.25) is 0 Å². The van der Waals surface area contributed by atoms with Crippen molar-refractivity contribution < 1.29 is 24.2 Å². The number of ether oxygens (including phenoxy) is 1. The van der Waals surface area contributed by atoms with Crippen LogP contribution in [-0.2, 0) is 19.1 Å². The molecule has 7 heteroatoms.